The van der Waals surface area contributed by atoms with Crippen LogP contribution in [0.15, 0.2) is 42.5 Å². The maximum atomic E-state index is 4.65. The third kappa shape index (κ3) is 3.82. The molecule has 1 N–H and O–H groups in total. The van der Waals surface area contributed by atoms with E-state index in [1.807, 2.05) is 6.07 Å². The minimum Gasteiger partial charge on any atom is -0.370 e. The summed E-state index contributed by atoms with van der Waals surface area (Å²) >= 11 is 0. The number of anilines is 1. The van der Waals surface area contributed by atoms with Crippen molar-refractivity contribution in [1.29, 1.82) is 0 Å². The Hall–Kier alpha value is -1.83. The van der Waals surface area contributed by atoms with Crippen molar-refractivity contribution >= 4 is 5.82 Å². The lowest BCUT2D eigenvalue weighted by Gasteiger charge is -2.07. The minimum absolute atomic E-state index is 0.956. The number of benzene rings is 1. The number of nitrogens with zero attached hydrogens (tertiary/aromatic N) is 1. The van der Waals surface area contributed by atoms with Crippen LogP contribution >= 0.6 is 0 Å². The normalized spacial score (nSPS) is 10.4. The predicted octanol–water partition coefficient (Wildman–Crippen LogP) is 4.52. The summed E-state index contributed by atoms with van der Waals surface area (Å²) in [6.07, 6.45) is 3.44. The molecule has 0 fully saturated rings. The lowest BCUT2D eigenvalue weighted by Crippen LogP contribution is -2.01. The lowest BCUT2D eigenvalue weighted by atomic mass is 10.1. The molecule has 2 heteroatoms. The van der Waals surface area contributed by atoms with Crippen LogP contribution in [-0.4, -0.2) is 11.5 Å². The van der Waals surface area contributed by atoms with E-state index in [-0.39, 0.29) is 0 Å². The molecule has 1 aromatic heterocycles. The van der Waals surface area contributed by atoms with E-state index in [9.17, 15) is 0 Å². The van der Waals surface area contributed by atoms with E-state index in [1.165, 1.54) is 17.5 Å². The third-order valence-electron chi connectivity index (χ3n) is 3.09. The Morgan fingerprint density at radius 3 is 2.42 bits per heavy atom. The third-order valence-corrected chi connectivity index (χ3v) is 3.09. The van der Waals surface area contributed by atoms with E-state index in [0.717, 1.165) is 30.9 Å². The number of nitrogens with one attached hydrogen (secondary N) is 1. The van der Waals surface area contributed by atoms with Crippen molar-refractivity contribution in [1.82, 2.24) is 4.98 Å². The summed E-state index contributed by atoms with van der Waals surface area (Å²) in [7, 11) is 0. The smallest absolute Gasteiger partial charge is 0.126 e. The van der Waals surface area contributed by atoms with Gasteiger partial charge in [-0.05, 0) is 30.5 Å². The fraction of sp³-hybridized carbons (Fsp3) is 0.353. The highest BCUT2D eigenvalue weighted by atomic mass is 15.0. The summed E-state index contributed by atoms with van der Waals surface area (Å²) in [5, 5.41) is 3.33. The fourth-order valence-electron chi connectivity index (χ4n) is 2.08. The van der Waals surface area contributed by atoms with E-state index >= 15 is 0 Å². The average molecular weight is 254 g/mol. The van der Waals surface area contributed by atoms with Gasteiger partial charge in [0.2, 0.25) is 0 Å². The minimum atomic E-state index is 0.956. The summed E-state index contributed by atoms with van der Waals surface area (Å²) in [6, 6.07) is 14.9. The second-order valence-electron chi connectivity index (χ2n) is 4.78. The van der Waals surface area contributed by atoms with Crippen LogP contribution in [0.1, 0.15) is 32.3 Å². The van der Waals surface area contributed by atoms with Crippen LogP contribution < -0.4 is 5.32 Å². The van der Waals surface area contributed by atoms with E-state index in [2.05, 4.69) is 60.5 Å². The molecule has 0 atom stereocenters. The molecular formula is C17H22N2. The summed E-state index contributed by atoms with van der Waals surface area (Å²) in [6.45, 7) is 5.33. The zero-order valence-electron chi connectivity index (χ0n) is 11.8. The quantitative estimate of drug-likeness (QED) is 0.819. The Labute approximate surface area is 115 Å². The molecular weight excluding hydrogens is 232 g/mol. The monoisotopic (exact) mass is 254 g/mol. The van der Waals surface area contributed by atoms with Gasteiger partial charge < -0.3 is 5.32 Å². The molecule has 1 heterocycles. The van der Waals surface area contributed by atoms with Crippen molar-refractivity contribution < 1.29 is 0 Å². The Bertz CT molecular complexity index is 503. The van der Waals surface area contributed by atoms with E-state index in [4.69, 9.17) is 0 Å². The van der Waals surface area contributed by atoms with Gasteiger partial charge in [0.05, 0.1) is 5.69 Å². The van der Waals surface area contributed by atoms with Gasteiger partial charge in [-0.15, -0.1) is 0 Å². The standard InChI is InChI=1S/C17H22N2/c1-3-6-14-9-11-15(12-10-14)16-7-5-8-17(19-16)18-13-4-2/h5,7-12H,3-4,6,13H2,1-2H3,(H,18,19). The molecule has 0 amide bonds. The summed E-state index contributed by atoms with van der Waals surface area (Å²) in [5.74, 6) is 0.956. The van der Waals surface area contributed by atoms with Gasteiger partial charge in [-0.3, -0.25) is 0 Å². The molecule has 100 valence electrons. The van der Waals surface area contributed by atoms with Gasteiger partial charge in [-0.2, -0.15) is 0 Å². The second-order valence-corrected chi connectivity index (χ2v) is 4.78. The first-order chi connectivity index (χ1) is 9.33. The maximum absolute atomic E-state index is 4.65. The number of rotatable bonds is 6. The number of aryl methyl sites for hydroxylation is 1. The number of hydrogen-bond acceptors (Lipinski definition) is 2. The van der Waals surface area contributed by atoms with Gasteiger partial charge in [0.15, 0.2) is 0 Å². The van der Waals surface area contributed by atoms with Crippen molar-refractivity contribution in [3.05, 3.63) is 48.0 Å². The summed E-state index contributed by atoms with van der Waals surface area (Å²) in [5.41, 5.74) is 3.61. The molecule has 0 saturated carbocycles. The lowest BCUT2D eigenvalue weighted by molar-refractivity contribution is 0.922. The average Bonchev–Trinajstić information content (AvgIpc) is 2.46. The molecule has 0 aliphatic heterocycles. The first kappa shape index (κ1) is 13.6. The molecule has 0 radical (unpaired) electrons. The van der Waals surface area contributed by atoms with Crippen LogP contribution in [0.25, 0.3) is 11.3 Å². The molecule has 0 aliphatic carbocycles. The highest BCUT2D eigenvalue weighted by Gasteiger charge is 2.01. The molecule has 0 bridgehead atoms. The first-order valence-corrected chi connectivity index (χ1v) is 7.13. The summed E-state index contributed by atoms with van der Waals surface area (Å²) < 4.78 is 0. The van der Waals surface area contributed by atoms with E-state index in [0.29, 0.717) is 0 Å². The van der Waals surface area contributed by atoms with Crippen LogP contribution in [0.5, 0.6) is 0 Å². The van der Waals surface area contributed by atoms with Crippen molar-refractivity contribution in [3.8, 4) is 11.3 Å². The summed E-state index contributed by atoms with van der Waals surface area (Å²) in [4.78, 5) is 4.65. The largest absolute Gasteiger partial charge is 0.370 e. The number of pyridine rings is 1. The van der Waals surface area contributed by atoms with Crippen LogP contribution in [0.2, 0.25) is 0 Å². The zero-order chi connectivity index (χ0) is 13.5. The van der Waals surface area contributed by atoms with Gasteiger partial charge in [-0.25, -0.2) is 4.98 Å². The topological polar surface area (TPSA) is 24.9 Å². The molecule has 0 unspecified atom stereocenters. The molecule has 2 aromatic rings. The molecule has 0 aliphatic rings. The Morgan fingerprint density at radius 1 is 0.947 bits per heavy atom. The molecule has 1 aromatic carbocycles. The highest BCUT2D eigenvalue weighted by molar-refractivity contribution is 5.61. The van der Waals surface area contributed by atoms with Crippen molar-refractivity contribution in [2.75, 3.05) is 11.9 Å². The highest BCUT2D eigenvalue weighted by Crippen LogP contribution is 2.19. The van der Waals surface area contributed by atoms with Crippen LogP contribution in [0, 0.1) is 0 Å². The molecule has 0 saturated heterocycles. The van der Waals surface area contributed by atoms with Crippen molar-refractivity contribution in [3.63, 3.8) is 0 Å². The number of aromatic nitrogens is 1. The van der Waals surface area contributed by atoms with Gasteiger partial charge in [0, 0.05) is 12.1 Å². The SMILES string of the molecule is CCCNc1cccc(-c2ccc(CCC)cc2)n1. The van der Waals surface area contributed by atoms with Crippen LogP contribution in [0.4, 0.5) is 5.82 Å². The second kappa shape index (κ2) is 6.93. The first-order valence-electron chi connectivity index (χ1n) is 7.13. The van der Waals surface area contributed by atoms with Gasteiger partial charge >= 0.3 is 0 Å². The fourth-order valence-corrected chi connectivity index (χ4v) is 2.08. The van der Waals surface area contributed by atoms with Crippen LogP contribution in [0.3, 0.4) is 0 Å². The zero-order valence-corrected chi connectivity index (χ0v) is 11.8. The maximum Gasteiger partial charge on any atom is 0.126 e. The molecule has 19 heavy (non-hydrogen) atoms. The van der Waals surface area contributed by atoms with Crippen molar-refractivity contribution in [2.24, 2.45) is 0 Å². The Balaban J connectivity index is 2.16. The molecule has 2 nitrogen and oxygen atoms in total. The van der Waals surface area contributed by atoms with E-state index in [1.54, 1.807) is 0 Å². The van der Waals surface area contributed by atoms with Gasteiger partial charge in [0.25, 0.3) is 0 Å². The van der Waals surface area contributed by atoms with Crippen LogP contribution in [-0.2, 0) is 6.42 Å². The van der Waals surface area contributed by atoms with Gasteiger partial charge in [0.1, 0.15) is 5.82 Å². The van der Waals surface area contributed by atoms with Gasteiger partial charge in [-0.1, -0.05) is 50.6 Å². The van der Waals surface area contributed by atoms with E-state index < -0.39 is 0 Å². The molecule has 0 spiro atoms. The number of hydrogen-bond donors (Lipinski definition) is 1. The Kier molecular flexibility index (Phi) is 4.96. The molecule has 2 rings (SSSR count). The Morgan fingerprint density at radius 2 is 1.74 bits per heavy atom. The van der Waals surface area contributed by atoms with Crippen molar-refractivity contribution in [2.45, 2.75) is 33.1 Å². The predicted molar refractivity (Wildman–Crippen MR) is 82.4 cm³/mol.